The number of carbonyl (C=O) groups excluding carboxylic acids is 1. The molecular formula is C13H26N2O2. The van der Waals surface area contributed by atoms with Crippen LogP contribution in [0, 0.1) is 5.92 Å². The van der Waals surface area contributed by atoms with Crippen molar-refractivity contribution < 1.29 is 9.53 Å². The first-order valence-electron chi connectivity index (χ1n) is 6.79. The number of nitrogens with one attached hydrogen (secondary N) is 1. The van der Waals surface area contributed by atoms with Crippen molar-refractivity contribution in [3.63, 3.8) is 0 Å². The van der Waals surface area contributed by atoms with Gasteiger partial charge in [-0.05, 0) is 31.7 Å². The van der Waals surface area contributed by atoms with Crippen molar-refractivity contribution in [3.8, 4) is 0 Å². The Labute approximate surface area is 105 Å². The lowest BCUT2D eigenvalue weighted by molar-refractivity contribution is 0.0716. The van der Waals surface area contributed by atoms with Crippen LogP contribution in [-0.4, -0.2) is 43.3 Å². The van der Waals surface area contributed by atoms with E-state index in [0.29, 0.717) is 18.6 Å². The van der Waals surface area contributed by atoms with Crippen LogP contribution in [-0.2, 0) is 4.74 Å². The maximum Gasteiger partial charge on any atom is 0.410 e. The molecule has 0 aromatic carbocycles. The van der Waals surface area contributed by atoms with Gasteiger partial charge in [0.05, 0.1) is 6.61 Å². The maximum atomic E-state index is 12.0. The lowest BCUT2D eigenvalue weighted by atomic mass is 10.1. The number of nitrogens with zero attached hydrogens (tertiary/aromatic N) is 1. The molecule has 0 bridgehead atoms. The molecule has 1 saturated heterocycles. The predicted molar refractivity (Wildman–Crippen MR) is 69.1 cm³/mol. The number of amides is 1. The molecule has 0 radical (unpaired) electrons. The molecule has 0 aromatic rings. The fraction of sp³-hybridized carbons (Fsp3) is 0.923. The first-order chi connectivity index (χ1) is 8.15. The largest absolute Gasteiger partial charge is 0.449 e. The molecule has 0 aromatic heterocycles. The summed E-state index contributed by atoms with van der Waals surface area (Å²) in [6, 6.07) is 0.309. The van der Waals surface area contributed by atoms with Crippen LogP contribution < -0.4 is 5.32 Å². The zero-order valence-corrected chi connectivity index (χ0v) is 11.4. The average molecular weight is 242 g/mol. The summed E-state index contributed by atoms with van der Waals surface area (Å²) in [5.74, 6) is 0.395. The van der Waals surface area contributed by atoms with Crippen LogP contribution in [0.5, 0.6) is 0 Å². The zero-order chi connectivity index (χ0) is 12.7. The normalized spacial score (nSPS) is 20.4. The Morgan fingerprint density at radius 2 is 2.29 bits per heavy atom. The van der Waals surface area contributed by atoms with Crippen LogP contribution in [0.25, 0.3) is 0 Å². The quantitative estimate of drug-likeness (QED) is 0.804. The summed E-state index contributed by atoms with van der Waals surface area (Å²) in [6.07, 6.45) is 3.06. The maximum absolute atomic E-state index is 12.0. The van der Waals surface area contributed by atoms with Gasteiger partial charge in [0, 0.05) is 19.1 Å². The fourth-order valence-electron chi connectivity index (χ4n) is 2.08. The molecule has 4 nitrogen and oxygen atoms in total. The minimum absolute atomic E-state index is 0.144. The van der Waals surface area contributed by atoms with E-state index in [-0.39, 0.29) is 6.09 Å². The summed E-state index contributed by atoms with van der Waals surface area (Å²) < 4.78 is 5.33. The first kappa shape index (κ1) is 14.3. The van der Waals surface area contributed by atoms with Crippen LogP contribution in [0.4, 0.5) is 4.79 Å². The molecule has 1 aliphatic heterocycles. The molecule has 1 unspecified atom stereocenters. The lowest BCUT2D eigenvalue weighted by Gasteiger charge is -2.33. The van der Waals surface area contributed by atoms with Crippen molar-refractivity contribution in [3.05, 3.63) is 0 Å². The molecule has 100 valence electrons. The summed E-state index contributed by atoms with van der Waals surface area (Å²) in [6.45, 7) is 9.48. The second-order valence-electron chi connectivity index (χ2n) is 5.16. The summed E-state index contributed by atoms with van der Waals surface area (Å²) in [4.78, 5) is 13.9. The zero-order valence-electron chi connectivity index (χ0n) is 11.4. The molecule has 1 rings (SSSR count). The van der Waals surface area contributed by atoms with E-state index >= 15 is 0 Å². The highest BCUT2D eigenvalue weighted by Gasteiger charge is 2.25. The van der Waals surface area contributed by atoms with Gasteiger partial charge in [0.25, 0.3) is 0 Å². The Bertz CT molecular complexity index is 225. The predicted octanol–water partition coefficient (Wildman–Crippen LogP) is 2.24. The number of hydrogen-bond acceptors (Lipinski definition) is 3. The van der Waals surface area contributed by atoms with Crippen LogP contribution >= 0.6 is 0 Å². The molecule has 1 N–H and O–H groups in total. The van der Waals surface area contributed by atoms with Crippen molar-refractivity contribution in [2.24, 2.45) is 5.92 Å². The van der Waals surface area contributed by atoms with E-state index in [2.05, 4.69) is 26.1 Å². The molecule has 0 aliphatic carbocycles. The Morgan fingerprint density at radius 3 is 2.82 bits per heavy atom. The van der Waals surface area contributed by atoms with E-state index in [4.69, 9.17) is 4.74 Å². The third-order valence-electron chi connectivity index (χ3n) is 2.95. The molecule has 1 amide bonds. The molecule has 0 saturated carbocycles. The van der Waals surface area contributed by atoms with Crippen molar-refractivity contribution in [1.82, 2.24) is 10.2 Å². The van der Waals surface area contributed by atoms with Crippen LogP contribution in [0.3, 0.4) is 0 Å². The van der Waals surface area contributed by atoms with Gasteiger partial charge in [0.1, 0.15) is 0 Å². The summed E-state index contributed by atoms with van der Waals surface area (Å²) in [5.41, 5.74) is 0. The van der Waals surface area contributed by atoms with Crippen molar-refractivity contribution >= 4 is 6.09 Å². The number of ether oxygens (including phenoxy) is 1. The lowest BCUT2D eigenvalue weighted by Crippen LogP contribution is -2.49. The monoisotopic (exact) mass is 242 g/mol. The molecule has 4 heteroatoms. The highest BCUT2D eigenvalue weighted by Crippen LogP contribution is 2.12. The van der Waals surface area contributed by atoms with Gasteiger partial charge < -0.3 is 15.0 Å². The van der Waals surface area contributed by atoms with Gasteiger partial charge in [-0.3, -0.25) is 0 Å². The Balaban J connectivity index is 2.47. The number of rotatable bonds is 5. The second kappa shape index (κ2) is 7.54. The van der Waals surface area contributed by atoms with Gasteiger partial charge in [-0.15, -0.1) is 0 Å². The van der Waals surface area contributed by atoms with Gasteiger partial charge in [-0.2, -0.15) is 0 Å². The van der Waals surface area contributed by atoms with Crippen LogP contribution in [0.1, 0.15) is 40.0 Å². The summed E-state index contributed by atoms with van der Waals surface area (Å²) in [7, 11) is 0. The highest BCUT2D eigenvalue weighted by atomic mass is 16.6. The minimum Gasteiger partial charge on any atom is -0.449 e. The van der Waals surface area contributed by atoms with E-state index < -0.39 is 0 Å². The average Bonchev–Trinajstić information content (AvgIpc) is 2.34. The third kappa shape index (κ3) is 4.94. The Kier molecular flexibility index (Phi) is 6.34. The smallest absolute Gasteiger partial charge is 0.410 e. The topological polar surface area (TPSA) is 41.6 Å². The minimum atomic E-state index is -0.144. The molecule has 1 fully saturated rings. The number of hydrogen-bond donors (Lipinski definition) is 1. The van der Waals surface area contributed by atoms with Crippen molar-refractivity contribution in [2.75, 3.05) is 26.2 Å². The van der Waals surface area contributed by atoms with Crippen LogP contribution in [0.2, 0.25) is 0 Å². The molecule has 1 heterocycles. The Morgan fingerprint density at radius 1 is 1.53 bits per heavy atom. The third-order valence-corrected chi connectivity index (χ3v) is 2.95. The van der Waals surface area contributed by atoms with Crippen molar-refractivity contribution in [2.45, 2.75) is 46.1 Å². The van der Waals surface area contributed by atoms with E-state index in [1.807, 2.05) is 4.90 Å². The number of piperidine rings is 1. The van der Waals surface area contributed by atoms with E-state index in [0.717, 1.165) is 38.9 Å². The van der Waals surface area contributed by atoms with Gasteiger partial charge >= 0.3 is 6.09 Å². The summed E-state index contributed by atoms with van der Waals surface area (Å²) >= 11 is 0. The number of carbonyl (C=O) groups is 1. The van der Waals surface area contributed by atoms with E-state index in [1.54, 1.807) is 0 Å². The van der Waals surface area contributed by atoms with Crippen LogP contribution in [0.15, 0.2) is 0 Å². The van der Waals surface area contributed by atoms with Gasteiger partial charge in [-0.1, -0.05) is 20.8 Å². The molecule has 1 aliphatic rings. The SMILES string of the molecule is CCCN(C(=O)OCC(C)C)C1CCCNC1. The summed E-state index contributed by atoms with van der Waals surface area (Å²) in [5, 5.41) is 3.34. The highest BCUT2D eigenvalue weighted by molar-refractivity contribution is 5.68. The molecular weight excluding hydrogens is 216 g/mol. The van der Waals surface area contributed by atoms with Gasteiger partial charge in [-0.25, -0.2) is 4.79 Å². The second-order valence-corrected chi connectivity index (χ2v) is 5.16. The molecule has 0 spiro atoms. The van der Waals surface area contributed by atoms with Crippen molar-refractivity contribution in [1.29, 1.82) is 0 Å². The van der Waals surface area contributed by atoms with E-state index in [1.165, 1.54) is 0 Å². The molecule has 1 atom stereocenters. The van der Waals surface area contributed by atoms with Gasteiger partial charge in [0.2, 0.25) is 0 Å². The standard InChI is InChI=1S/C13H26N2O2/c1-4-8-15(12-6-5-7-14-9-12)13(16)17-10-11(2)3/h11-12,14H,4-10H2,1-3H3. The first-order valence-corrected chi connectivity index (χ1v) is 6.79. The van der Waals surface area contributed by atoms with Gasteiger partial charge in [0.15, 0.2) is 0 Å². The Hall–Kier alpha value is -0.770. The van der Waals surface area contributed by atoms with E-state index in [9.17, 15) is 4.79 Å². The molecule has 17 heavy (non-hydrogen) atoms. The fourth-order valence-corrected chi connectivity index (χ4v) is 2.08.